The van der Waals surface area contributed by atoms with Crippen LogP contribution in [0.1, 0.15) is 18.1 Å². The van der Waals surface area contributed by atoms with Gasteiger partial charge in [-0.05, 0) is 12.0 Å². The van der Waals surface area contributed by atoms with Gasteiger partial charge in [0.05, 0.1) is 12.7 Å². The average molecular weight is 239 g/mol. The van der Waals surface area contributed by atoms with Gasteiger partial charge in [0.25, 0.3) is 0 Å². The summed E-state index contributed by atoms with van der Waals surface area (Å²) in [7, 11) is 0. The Morgan fingerprint density at radius 3 is 2.29 bits per heavy atom. The maximum absolute atomic E-state index is 10.0. The zero-order valence-corrected chi connectivity index (χ0v) is 10.00. The summed E-state index contributed by atoms with van der Waals surface area (Å²) < 4.78 is 0. The normalized spacial score (nSPS) is 12.9. The van der Waals surface area contributed by atoms with Crippen molar-refractivity contribution >= 4 is 0 Å². The van der Waals surface area contributed by atoms with E-state index in [-0.39, 0.29) is 13.2 Å². The molecule has 0 heterocycles. The Labute approximate surface area is 102 Å². The van der Waals surface area contributed by atoms with E-state index in [1.165, 1.54) is 0 Å². The molecule has 1 aromatic rings. The molecule has 0 aliphatic carbocycles. The highest BCUT2D eigenvalue weighted by atomic mass is 16.3. The molecule has 0 aromatic heterocycles. The van der Waals surface area contributed by atoms with Crippen LogP contribution in [0.15, 0.2) is 30.3 Å². The molecule has 17 heavy (non-hydrogen) atoms. The van der Waals surface area contributed by atoms with E-state index < -0.39 is 6.10 Å². The van der Waals surface area contributed by atoms with Crippen LogP contribution in [0.5, 0.6) is 0 Å². The Bertz CT molecular complexity index is 292. The summed E-state index contributed by atoms with van der Waals surface area (Å²) in [5.74, 6) is 0. The van der Waals surface area contributed by atoms with Crippen molar-refractivity contribution in [1.29, 1.82) is 0 Å². The fourth-order valence-electron chi connectivity index (χ4n) is 1.76. The number of rotatable bonds is 8. The topological polar surface area (TPSA) is 63.9 Å². The fourth-order valence-corrected chi connectivity index (χ4v) is 1.76. The third kappa shape index (κ3) is 5.28. The van der Waals surface area contributed by atoms with Crippen molar-refractivity contribution in [1.82, 2.24) is 4.90 Å². The van der Waals surface area contributed by atoms with E-state index >= 15 is 0 Å². The highest BCUT2D eigenvalue weighted by molar-refractivity contribution is 5.17. The van der Waals surface area contributed by atoms with E-state index in [2.05, 4.69) is 0 Å². The molecule has 0 fully saturated rings. The number of hydrogen-bond acceptors (Lipinski definition) is 4. The van der Waals surface area contributed by atoms with Gasteiger partial charge in [-0.2, -0.15) is 0 Å². The molecule has 1 aromatic carbocycles. The molecule has 0 spiro atoms. The fraction of sp³-hybridized carbons (Fsp3) is 0.538. The van der Waals surface area contributed by atoms with E-state index in [0.29, 0.717) is 26.1 Å². The van der Waals surface area contributed by atoms with Gasteiger partial charge in [-0.3, -0.25) is 4.90 Å². The predicted octanol–water partition coefficient (Wildman–Crippen LogP) is 0.397. The Kier molecular flexibility index (Phi) is 6.81. The Morgan fingerprint density at radius 1 is 1.00 bits per heavy atom. The van der Waals surface area contributed by atoms with Crippen molar-refractivity contribution < 1.29 is 15.3 Å². The number of nitrogens with zero attached hydrogens (tertiary/aromatic N) is 1. The van der Waals surface area contributed by atoms with Gasteiger partial charge in [0.15, 0.2) is 0 Å². The molecule has 0 bridgehead atoms. The van der Waals surface area contributed by atoms with Gasteiger partial charge < -0.3 is 15.3 Å². The molecule has 0 saturated heterocycles. The predicted molar refractivity (Wildman–Crippen MR) is 66.6 cm³/mol. The molecule has 0 amide bonds. The van der Waals surface area contributed by atoms with Gasteiger partial charge in [0.2, 0.25) is 0 Å². The van der Waals surface area contributed by atoms with Crippen LogP contribution in [0.4, 0.5) is 0 Å². The van der Waals surface area contributed by atoms with Crippen LogP contribution >= 0.6 is 0 Å². The minimum atomic E-state index is -0.554. The molecule has 0 aliphatic heterocycles. The molecule has 1 rings (SSSR count). The van der Waals surface area contributed by atoms with E-state index in [1.54, 1.807) is 0 Å². The quantitative estimate of drug-likeness (QED) is 0.614. The largest absolute Gasteiger partial charge is 0.396 e. The monoisotopic (exact) mass is 239 g/mol. The lowest BCUT2D eigenvalue weighted by Gasteiger charge is -2.24. The van der Waals surface area contributed by atoms with Crippen molar-refractivity contribution in [2.24, 2.45) is 0 Å². The average Bonchev–Trinajstić information content (AvgIpc) is 2.37. The van der Waals surface area contributed by atoms with Crippen LogP contribution in [-0.4, -0.2) is 53.1 Å². The maximum atomic E-state index is 10.0. The summed E-state index contributed by atoms with van der Waals surface area (Å²) >= 11 is 0. The van der Waals surface area contributed by atoms with Crippen LogP contribution in [0.3, 0.4) is 0 Å². The first kappa shape index (κ1) is 14.1. The molecule has 0 aliphatic rings. The lowest BCUT2D eigenvalue weighted by molar-refractivity contribution is 0.0950. The van der Waals surface area contributed by atoms with Crippen LogP contribution in [0.2, 0.25) is 0 Å². The Morgan fingerprint density at radius 2 is 1.71 bits per heavy atom. The summed E-state index contributed by atoms with van der Waals surface area (Å²) in [4.78, 5) is 1.95. The minimum absolute atomic E-state index is 0.0624. The van der Waals surface area contributed by atoms with Crippen molar-refractivity contribution in [3.8, 4) is 0 Å². The summed E-state index contributed by atoms with van der Waals surface area (Å²) in [5, 5.41) is 27.7. The Balaban J connectivity index is 2.48. The van der Waals surface area contributed by atoms with Gasteiger partial charge >= 0.3 is 0 Å². The molecule has 3 N–H and O–H groups in total. The van der Waals surface area contributed by atoms with E-state index in [0.717, 1.165) is 5.56 Å². The van der Waals surface area contributed by atoms with Gasteiger partial charge in [-0.15, -0.1) is 0 Å². The first-order valence-corrected chi connectivity index (χ1v) is 5.95. The zero-order valence-electron chi connectivity index (χ0n) is 10.00. The van der Waals surface area contributed by atoms with Crippen molar-refractivity contribution in [2.45, 2.75) is 12.5 Å². The third-order valence-corrected chi connectivity index (χ3v) is 2.66. The van der Waals surface area contributed by atoms with E-state index in [4.69, 9.17) is 10.2 Å². The molecule has 0 radical (unpaired) electrons. The lowest BCUT2D eigenvalue weighted by atomic mass is 10.1. The molecule has 96 valence electrons. The summed E-state index contributed by atoms with van der Waals surface area (Å²) in [6, 6.07) is 9.46. The van der Waals surface area contributed by atoms with E-state index in [9.17, 15) is 5.11 Å². The molecule has 4 heteroatoms. The second-order valence-corrected chi connectivity index (χ2v) is 4.03. The second kappa shape index (κ2) is 8.20. The molecule has 1 atom stereocenters. The first-order chi connectivity index (χ1) is 8.27. The Hall–Kier alpha value is -0.940. The third-order valence-electron chi connectivity index (χ3n) is 2.66. The smallest absolute Gasteiger partial charge is 0.0916 e. The zero-order chi connectivity index (χ0) is 12.5. The lowest BCUT2D eigenvalue weighted by Crippen LogP contribution is -2.32. The summed E-state index contributed by atoms with van der Waals surface area (Å²) in [5.41, 5.74) is 0.874. The van der Waals surface area contributed by atoms with Crippen molar-refractivity contribution in [3.63, 3.8) is 0 Å². The highest BCUT2D eigenvalue weighted by Gasteiger charge is 2.12. The second-order valence-electron chi connectivity index (χ2n) is 4.03. The maximum Gasteiger partial charge on any atom is 0.0916 e. The van der Waals surface area contributed by atoms with Crippen LogP contribution < -0.4 is 0 Å². The van der Waals surface area contributed by atoms with Crippen molar-refractivity contribution in [3.05, 3.63) is 35.9 Å². The molecule has 1 unspecified atom stereocenters. The van der Waals surface area contributed by atoms with Crippen LogP contribution in [0, 0.1) is 0 Å². The SMILES string of the molecule is OCCCN(CCO)CC(O)c1ccccc1. The highest BCUT2D eigenvalue weighted by Crippen LogP contribution is 2.13. The van der Waals surface area contributed by atoms with Gasteiger partial charge in [0, 0.05) is 26.2 Å². The standard InChI is InChI=1S/C13H21NO3/c15-9-4-7-14(8-10-16)11-13(17)12-5-2-1-3-6-12/h1-3,5-6,13,15-17H,4,7-11H2. The van der Waals surface area contributed by atoms with E-state index in [1.807, 2.05) is 35.2 Å². The number of aliphatic hydroxyl groups excluding tert-OH is 3. The summed E-state index contributed by atoms with van der Waals surface area (Å²) in [6.07, 6.45) is 0.100. The van der Waals surface area contributed by atoms with Crippen LogP contribution in [0.25, 0.3) is 0 Å². The van der Waals surface area contributed by atoms with Gasteiger partial charge in [0.1, 0.15) is 0 Å². The minimum Gasteiger partial charge on any atom is -0.396 e. The first-order valence-electron chi connectivity index (χ1n) is 5.95. The summed E-state index contributed by atoms with van der Waals surface area (Å²) in [6.45, 7) is 1.87. The molecular formula is C13H21NO3. The van der Waals surface area contributed by atoms with Gasteiger partial charge in [-0.1, -0.05) is 30.3 Å². The molecule has 4 nitrogen and oxygen atoms in total. The number of aliphatic hydroxyl groups is 3. The number of hydrogen-bond donors (Lipinski definition) is 3. The van der Waals surface area contributed by atoms with Crippen molar-refractivity contribution in [2.75, 3.05) is 32.8 Å². The van der Waals surface area contributed by atoms with Gasteiger partial charge in [-0.25, -0.2) is 0 Å². The molecule has 0 saturated carbocycles. The number of benzene rings is 1. The molecular weight excluding hydrogens is 218 g/mol. The van der Waals surface area contributed by atoms with Crippen LogP contribution in [-0.2, 0) is 0 Å².